The third kappa shape index (κ3) is 3.11. The van der Waals surface area contributed by atoms with Crippen LogP contribution in [-0.2, 0) is 10.0 Å². The second-order valence-electron chi connectivity index (χ2n) is 4.71. The van der Waals surface area contributed by atoms with E-state index in [0.29, 0.717) is 0 Å². The predicted molar refractivity (Wildman–Crippen MR) is 74.7 cm³/mol. The molecule has 0 aliphatic heterocycles. The van der Waals surface area contributed by atoms with Crippen molar-refractivity contribution in [2.45, 2.75) is 36.6 Å². The second-order valence-corrected chi connectivity index (χ2v) is 6.97. The van der Waals surface area contributed by atoms with E-state index >= 15 is 0 Å². The van der Waals surface area contributed by atoms with Gasteiger partial charge in [0.15, 0.2) is 0 Å². The van der Waals surface area contributed by atoms with E-state index in [4.69, 9.17) is 16.7 Å². The molecular weight excluding hydrogens is 286 g/mol. The zero-order chi connectivity index (χ0) is 13.9. The van der Waals surface area contributed by atoms with Crippen molar-refractivity contribution in [3.05, 3.63) is 29.3 Å². The van der Waals surface area contributed by atoms with Crippen LogP contribution in [0.1, 0.15) is 25.7 Å². The van der Waals surface area contributed by atoms with E-state index in [1.807, 2.05) is 0 Å². The summed E-state index contributed by atoms with van der Waals surface area (Å²) in [6.07, 6.45) is 3.77. The molecule has 4 nitrogen and oxygen atoms in total. The molecule has 19 heavy (non-hydrogen) atoms. The molecular formula is C13H18ClNO3S. The molecule has 0 heterocycles. The summed E-state index contributed by atoms with van der Waals surface area (Å²) in [5.74, 6) is 0. The van der Waals surface area contributed by atoms with E-state index in [2.05, 4.69) is 0 Å². The number of aliphatic hydroxyl groups is 1. The van der Waals surface area contributed by atoms with E-state index < -0.39 is 10.0 Å². The van der Waals surface area contributed by atoms with Crippen molar-refractivity contribution in [3.63, 3.8) is 0 Å². The lowest BCUT2D eigenvalue weighted by atomic mass is 10.2. The smallest absolute Gasteiger partial charge is 0.244 e. The van der Waals surface area contributed by atoms with E-state index in [1.165, 1.54) is 10.4 Å². The number of hydrogen-bond acceptors (Lipinski definition) is 3. The first kappa shape index (κ1) is 14.8. The molecule has 0 saturated heterocycles. The van der Waals surface area contributed by atoms with Crippen LogP contribution < -0.4 is 0 Å². The van der Waals surface area contributed by atoms with Crippen LogP contribution in [-0.4, -0.2) is 37.0 Å². The quantitative estimate of drug-likeness (QED) is 0.908. The average Bonchev–Trinajstić information content (AvgIpc) is 2.89. The maximum absolute atomic E-state index is 12.7. The highest BCUT2D eigenvalue weighted by atomic mass is 35.5. The molecule has 1 aliphatic carbocycles. The van der Waals surface area contributed by atoms with Crippen molar-refractivity contribution >= 4 is 21.6 Å². The summed E-state index contributed by atoms with van der Waals surface area (Å²) in [5, 5.41) is 9.36. The van der Waals surface area contributed by atoms with Crippen LogP contribution in [0.2, 0.25) is 5.02 Å². The standard InChI is InChI=1S/C13H18ClNO3S/c14-12-7-3-4-8-13(12)19(17,18)15(9-10-16)11-5-1-2-6-11/h3-4,7-8,11,16H,1-2,5-6,9-10H2. The van der Waals surface area contributed by atoms with Crippen LogP contribution >= 0.6 is 11.6 Å². The van der Waals surface area contributed by atoms with Crippen molar-refractivity contribution in [2.75, 3.05) is 13.2 Å². The van der Waals surface area contributed by atoms with Crippen molar-refractivity contribution < 1.29 is 13.5 Å². The summed E-state index contributed by atoms with van der Waals surface area (Å²) in [6.45, 7) is -0.0571. The minimum atomic E-state index is -3.64. The maximum Gasteiger partial charge on any atom is 0.244 e. The minimum Gasteiger partial charge on any atom is -0.395 e. The van der Waals surface area contributed by atoms with Crippen molar-refractivity contribution in [1.82, 2.24) is 4.31 Å². The Bertz CT molecular complexity index is 526. The van der Waals surface area contributed by atoms with Gasteiger partial charge in [-0.1, -0.05) is 36.6 Å². The molecule has 1 saturated carbocycles. The van der Waals surface area contributed by atoms with Crippen LogP contribution in [0.5, 0.6) is 0 Å². The highest BCUT2D eigenvalue weighted by molar-refractivity contribution is 7.89. The number of halogens is 1. The summed E-state index contributed by atoms with van der Waals surface area (Å²) in [4.78, 5) is 0.122. The van der Waals surface area contributed by atoms with Crippen molar-refractivity contribution in [2.24, 2.45) is 0 Å². The number of hydrogen-bond donors (Lipinski definition) is 1. The summed E-state index contributed by atoms with van der Waals surface area (Å²) in [7, 11) is -3.64. The lowest BCUT2D eigenvalue weighted by Gasteiger charge is -2.27. The highest BCUT2D eigenvalue weighted by Crippen LogP contribution is 2.31. The Morgan fingerprint density at radius 2 is 1.89 bits per heavy atom. The van der Waals surface area contributed by atoms with Gasteiger partial charge >= 0.3 is 0 Å². The first-order chi connectivity index (χ1) is 9.07. The van der Waals surface area contributed by atoms with Gasteiger partial charge in [0.1, 0.15) is 4.90 Å². The molecule has 0 amide bonds. The van der Waals surface area contributed by atoms with Gasteiger partial charge in [0, 0.05) is 12.6 Å². The van der Waals surface area contributed by atoms with Crippen LogP contribution in [0.4, 0.5) is 0 Å². The van der Waals surface area contributed by atoms with Gasteiger partial charge in [0.05, 0.1) is 11.6 Å². The highest BCUT2D eigenvalue weighted by Gasteiger charge is 2.33. The van der Waals surface area contributed by atoms with E-state index in [-0.39, 0.29) is 29.1 Å². The molecule has 1 aromatic carbocycles. The van der Waals surface area contributed by atoms with E-state index in [9.17, 15) is 8.42 Å². The molecule has 0 atom stereocenters. The number of sulfonamides is 1. The van der Waals surface area contributed by atoms with Crippen LogP contribution in [0.3, 0.4) is 0 Å². The third-order valence-corrected chi connectivity index (χ3v) is 5.93. The van der Waals surface area contributed by atoms with Gasteiger partial charge in [-0.3, -0.25) is 0 Å². The van der Waals surface area contributed by atoms with Gasteiger partial charge in [-0.15, -0.1) is 0 Å². The fraction of sp³-hybridized carbons (Fsp3) is 0.538. The lowest BCUT2D eigenvalue weighted by Crippen LogP contribution is -2.40. The second kappa shape index (κ2) is 6.22. The Morgan fingerprint density at radius 3 is 2.47 bits per heavy atom. The van der Waals surface area contributed by atoms with Crippen LogP contribution in [0.15, 0.2) is 29.2 Å². The molecule has 0 aromatic heterocycles. The molecule has 106 valence electrons. The van der Waals surface area contributed by atoms with Crippen molar-refractivity contribution in [1.29, 1.82) is 0 Å². The first-order valence-corrected chi connectivity index (χ1v) is 8.26. The molecule has 0 spiro atoms. The predicted octanol–water partition coefficient (Wildman–Crippen LogP) is 2.27. The molecule has 1 N–H and O–H groups in total. The molecule has 1 fully saturated rings. The number of nitrogens with zero attached hydrogens (tertiary/aromatic N) is 1. The fourth-order valence-corrected chi connectivity index (χ4v) is 4.74. The summed E-state index contributed by atoms with van der Waals surface area (Å²) in [5.41, 5.74) is 0. The van der Waals surface area contributed by atoms with Crippen LogP contribution in [0.25, 0.3) is 0 Å². The SMILES string of the molecule is O=S(=O)(c1ccccc1Cl)N(CCO)C1CCCC1. The maximum atomic E-state index is 12.7. The van der Waals surface area contributed by atoms with Gasteiger partial charge < -0.3 is 5.11 Å². The van der Waals surface area contributed by atoms with Crippen molar-refractivity contribution in [3.8, 4) is 0 Å². The Balaban J connectivity index is 2.36. The van der Waals surface area contributed by atoms with Crippen LogP contribution in [0, 0.1) is 0 Å². The van der Waals surface area contributed by atoms with Gasteiger partial charge in [-0.25, -0.2) is 8.42 Å². The lowest BCUT2D eigenvalue weighted by molar-refractivity contribution is 0.226. The zero-order valence-corrected chi connectivity index (χ0v) is 12.2. The molecule has 2 rings (SSSR count). The molecule has 1 aliphatic rings. The van der Waals surface area contributed by atoms with E-state index in [1.54, 1.807) is 18.2 Å². The Labute approximate surface area is 119 Å². The summed E-state index contributed by atoms with van der Waals surface area (Å²) in [6, 6.07) is 6.42. The Morgan fingerprint density at radius 1 is 1.26 bits per heavy atom. The molecule has 6 heteroatoms. The van der Waals surface area contributed by atoms with Gasteiger partial charge in [-0.2, -0.15) is 4.31 Å². The number of benzene rings is 1. The molecule has 0 unspecified atom stereocenters. The van der Waals surface area contributed by atoms with Gasteiger partial charge in [0.25, 0.3) is 0 Å². The fourth-order valence-electron chi connectivity index (χ4n) is 2.57. The minimum absolute atomic E-state index is 0.0200. The summed E-state index contributed by atoms with van der Waals surface area (Å²) < 4.78 is 26.7. The monoisotopic (exact) mass is 303 g/mol. The Hall–Kier alpha value is -0.620. The Kier molecular flexibility index (Phi) is 4.84. The van der Waals surface area contributed by atoms with Gasteiger partial charge in [-0.05, 0) is 25.0 Å². The van der Waals surface area contributed by atoms with E-state index in [0.717, 1.165) is 25.7 Å². The van der Waals surface area contributed by atoms with Gasteiger partial charge in [0.2, 0.25) is 10.0 Å². The number of rotatable bonds is 5. The molecule has 1 aromatic rings. The largest absolute Gasteiger partial charge is 0.395 e. The third-order valence-electron chi connectivity index (χ3n) is 3.48. The normalized spacial score (nSPS) is 17.2. The number of aliphatic hydroxyl groups excluding tert-OH is 1. The zero-order valence-electron chi connectivity index (χ0n) is 10.6. The molecule has 0 bridgehead atoms. The summed E-state index contributed by atoms with van der Waals surface area (Å²) >= 11 is 5.99. The average molecular weight is 304 g/mol. The molecule has 0 radical (unpaired) electrons. The topological polar surface area (TPSA) is 57.6 Å². The first-order valence-electron chi connectivity index (χ1n) is 6.44.